The molecule has 0 aliphatic heterocycles. The molecule has 1 N–H and O–H groups in total. The highest BCUT2D eigenvalue weighted by molar-refractivity contribution is 7.90. The number of rotatable bonds is 7. The predicted octanol–water partition coefficient (Wildman–Crippen LogP) is 2.85. The number of carbonyl (C=O) groups excluding carboxylic acids is 1. The lowest BCUT2D eigenvalue weighted by Gasteiger charge is -2.12. The zero-order chi connectivity index (χ0) is 21.9. The van der Waals surface area contributed by atoms with Gasteiger partial charge in [0.1, 0.15) is 12.3 Å². The van der Waals surface area contributed by atoms with Crippen LogP contribution >= 0.6 is 0 Å². The number of benzene rings is 1. The molecular weight excluding hydrogens is 416 g/mol. The number of ether oxygens (including phenoxy) is 1. The van der Waals surface area contributed by atoms with Crippen LogP contribution in [0.25, 0.3) is 11.3 Å². The molecule has 158 valence electrons. The molecule has 0 atom stereocenters. The van der Waals surface area contributed by atoms with E-state index in [0.29, 0.717) is 9.54 Å². The molecular formula is C20H19F2N3O4S. The lowest BCUT2D eigenvalue weighted by molar-refractivity contribution is -0.142. The van der Waals surface area contributed by atoms with E-state index in [-0.39, 0.29) is 29.2 Å². The summed E-state index contributed by atoms with van der Waals surface area (Å²) in [5.41, 5.74) is -0.243. The molecule has 2 heterocycles. The van der Waals surface area contributed by atoms with E-state index in [9.17, 15) is 17.6 Å². The molecule has 3 aromatic rings. The molecule has 0 radical (unpaired) electrons. The van der Waals surface area contributed by atoms with E-state index in [1.807, 2.05) is 0 Å². The summed E-state index contributed by atoms with van der Waals surface area (Å²) < 4.78 is 61.7. The van der Waals surface area contributed by atoms with Gasteiger partial charge in [-0.15, -0.1) is 0 Å². The topological polar surface area (TPSA) is 90.3 Å². The highest BCUT2D eigenvalue weighted by atomic mass is 32.2. The first-order valence-electron chi connectivity index (χ1n) is 8.88. The summed E-state index contributed by atoms with van der Waals surface area (Å²) in [7, 11) is -2.72. The van der Waals surface area contributed by atoms with Crippen molar-refractivity contribution in [1.82, 2.24) is 14.3 Å². The first-order chi connectivity index (χ1) is 14.3. The normalized spacial score (nSPS) is 11.5. The molecule has 0 amide bonds. The van der Waals surface area contributed by atoms with Gasteiger partial charge in [0.25, 0.3) is 10.0 Å². The van der Waals surface area contributed by atoms with E-state index >= 15 is 4.39 Å². The first kappa shape index (κ1) is 21.6. The number of esters is 1. The number of pyridine rings is 1. The molecule has 7 nitrogen and oxygen atoms in total. The molecule has 0 unspecified atom stereocenters. The summed E-state index contributed by atoms with van der Waals surface area (Å²) in [4.78, 5) is 14.4. The molecule has 30 heavy (non-hydrogen) atoms. The molecule has 2 aromatic heterocycles. The van der Waals surface area contributed by atoms with Gasteiger partial charge in [-0.3, -0.25) is 4.79 Å². The molecule has 0 saturated heterocycles. The number of nitrogens with one attached hydrogen (secondary N) is 1. The molecule has 10 heteroatoms. The molecule has 0 aliphatic carbocycles. The number of halogens is 2. The lowest BCUT2D eigenvalue weighted by Crippen LogP contribution is -2.14. The SMILES string of the molecule is CNCc1cn(S(=O)(=O)c2cccc(COC(C)=O)c2)c(-c2cccnc2F)c1F. The Morgan fingerprint density at radius 1 is 1.23 bits per heavy atom. The highest BCUT2D eigenvalue weighted by Gasteiger charge is 2.28. The second kappa shape index (κ2) is 8.72. The van der Waals surface area contributed by atoms with Crippen molar-refractivity contribution in [1.29, 1.82) is 0 Å². The van der Waals surface area contributed by atoms with Gasteiger partial charge >= 0.3 is 5.97 Å². The van der Waals surface area contributed by atoms with Crippen molar-refractivity contribution in [3.63, 3.8) is 0 Å². The molecule has 3 rings (SSSR count). The number of hydrogen-bond acceptors (Lipinski definition) is 6. The van der Waals surface area contributed by atoms with Crippen molar-refractivity contribution in [2.45, 2.75) is 25.0 Å². The van der Waals surface area contributed by atoms with Crippen molar-refractivity contribution in [2.24, 2.45) is 0 Å². The second-order valence-corrected chi connectivity index (χ2v) is 8.23. The van der Waals surface area contributed by atoms with E-state index in [0.717, 1.165) is 6.20 Å². The van der Waals surface area contributed by atoms with Crippen molar-refractivity contribution < 1.29 is 26.7 Å². The van der Waals surface area contributed by atoms with Crippen LogP contribution in [0.15, 0.2) is 53.7 Å². The Morgan fingerprint density at radius 3 is 2.67 bits per heavy atom. The van der Waals surface area contributed by atoms with Crippen LogP contribution in [0.3, 0.4) is 0 Å². The molecule has 0 saturated carbocycles. The van der Waals surface area contributed by atoms with E-state index in [2.05, 4.69) is 10.3 Å². The average Bonchev–Trinajstić information content (AvgIpc) is 3.04. The van der Waals surface area contributed by atoms with Crippen LogP contribution in [-0.2, 0) is 32.7 Å². The Balaban J connectivity index is 2.17. The summed E-state index contributed by atoms with van der Waals surface area (Å²) in [5.74, 6) is -2.37. The van der Waals surface area contributed by atoms with E-state index in [4.69, 9.17) is 4.74 Å². The van der Waals surface area contributed by atoms with Crippen LogP contribution in [-0.4, -0.2) is 30.4 Å². The summed E-state index contributed by atoms with van der Waals surface area (Å²) >= 11 is 0. The van der Waals surface area contributed by atoms with Gasteiger partial charge in [0, 0.05) is 31.4 Å². The van der Waals surface area contributed by atoms with Gasteiger partial charge in [-0.1, -0.05) is 12.1 Å². The number of carbonyl (C=O) groups is 1. The zero-order valence-corrected chi connectivity index (χ0v) is 17.0. The predicted molar refractivity (Wildman–Crippen MR) is 105 cm³/mol. The van der Waals surface area contributed by atoms with Gasteiger partial charge in [0.05, 0.1) is 10.5 Å². The maximum Gasteiger partial charge on any atom is 0.302 e. The first-order valence-corrected chi connectivity index (χ1v) is 10.3. The second-order valence-electron chi connectivity index (χ2n) is 6.42. The lowest BCUT2D eigenvalue weighted by atomic mass is 10.2. The van der Waals surface area contributed by atoms with Crippen molar-refractivity contribution in [2.75, 3.05) is 7.05 Å². The third kappa shape index (κ3) is 4.24. The number of hydrogen-bond donors (Lipinski definition) is 1. The Labute approximate surface area is 172 Å². The standard InChI is InChI=1S/C20H19F2N3O4S/c1-13(26)29-12-14-5-3-6-16(9-14)30(27,28)25-11-15(10-23-2)18(21)19(25)17-7-4-8-24-20(17)22/h3-9,11,23H,10,12H2,1-2H3. The minimum Gasteiger partial charge on any atom is -0.461 e. The van der Waals surface area contributed by atoms with Crippen molar-refractivity contribution in [3.8, 4) is 11.3 Å². The van der Waals surface area contributed by atoms with Crippen molar-refractivity contribution >= 4 is 16.0 Å². The maximum absolute atomic E-state index is 15.1. The average molecular weight is 435 g/mol. The molecule has 0 bridgehead atoms. The highest BCUT2D eigenvalue weighted by Crippen LogP contribution is 2.32. The Kier molecular flexibility index (Phi) is 6.28. The molecule has 0 fully saturated rings. The minimum atomic E-state index is -4.30. The van der Waals surface area contributed by atoms with Crippen LogP contribution in [0.4, 0.5) is 8.78 Å². The van der Waals surface area contributed by atoms with Crippen LogP contribution in [0.2, 0.25) is 0 Å². The van der Waals surface area contributed by atoms with Gasteiger partial charge in [-0.25, -0.2) is 21.8 Å². The Bertz CT molecular complexity index is 1190. The maximum atomic E-state index is 15.1. The van der Waals surface area contributed by atoms with E-state index < -0.39 is 33.5 Å². The summed E-state index contributed by atoms with van der Waals surface area (Å²) in [6.07, 6.45) is 2.30. The third-order valence-corrected chi connectivity index (χ3v) is 5.92. The zero-order valence-electron chi connectivity index (χ0n) is 16.2. The molecule has 0 aliphatic rings. The van der Waals surface area contributed by atoms with Crippen molar-refractivity contribution in [3.05, 3.63) is 71.7 Å². The minimum absolute atomic E-state index is 0.0374. The van der Waals surface area contributed by atoms with E-state index in [1.54, 1.807) is 13.1 Å². The molecule has 0 spiro atoms. The summed E-state index contributed by atoms with van der Waals surface area (Å²) in [6.45, 7) is 1.16. The van der Waals surface area contributed by atoms with Gasteiger partial charge in [0.2, 0.25) is 5.95 Å². The van der Waals surface area contributed by atoms with Gasteiger partial charge < -0.3 is 10.1 Å². The Morgan fingerprint density at radius 2 is 2.00 bits per heavy atom. The van der Waals surface area contributed by atoms with Gasteiger partial charge in [-0.05, 0) is 36.9 Å². The van der Waals surface area contributed by atoms with Crippen LogP contribution < -0.4 is 5.32 Å². The number of nitrogens with zero attached hydrogens (tertiary/aromatic N) is 2. The van der Waals surface area contributed by atoms with Crippen LogP contribution in [0.1, 0.15) is 18.1 Å². The number of aromatic nitrogens is 2. The van der Waals surface area contributed by atoms with E-state index in [1.165, 1.54) is 43.5 Å². The fraction of sp³-hybridized carbons (Fsp3) is 0.200. The molecule has 1 aromatic carbocycles. The fourth-order valence-electron chi connectivity index (χ4n) is 2.91. The summed E-state index contributed by atoms with van der Waals surface area (Å²) in [5, 5.41) is 2.75. The van der Waals surface area contributed by atoms with Crippen LogP contribution in [0.5, 0.6) is 0 Å². The quantitative estimate of drug-likeness (QED) is 0.453. The fourth-order valence-corrected chi connectivity index (χ4v) is 4.37. The van der Waals surface area contributed by atoms with Gasteiger partial charge in [-0.2, -0.15) is 4.39 Å². The van der Waals surface area contributed by atoms with Gasteiger partial charge in [0.15, 0.2) is 5.82 Å². The summed E-state index contributed by atoms with van der Waals surface area (Å²) in [6, 6.07) is 8.35. The Hall–Kier alpha value is -3.11. The monoisotopic (exact) mass is 435 g/mol. The smallest absolute Gasteiger partial charge is 0.302 e. The van der Waals surface area contributed by atoms with Crippen LogP contribution in [0, 0.1) is 11.8 Å². The largest absolute Gasteiger partial charge is 0.461 e. The third-order valence-electron chi connectivity index (χ3n) is 4.26.